The molecule has 1 aliphatic heterocycles. The third kappa shape index (κ3) is 4.75. The summed E-state index contributed by atoms with van der Waals surface area (Å²) in [6, 6.07) is 7.17. The van der Waals surface area contributed by atoms with Crippen LogP contribution >= 0.6 is 11.6 Å². The van der Waals surface area contributed by atoms with E-state index in [-0.39, 0.29) is 27.8 Å². The topological polar surface area (TPSA) is 64.4 Å². The third-order valence-corrected chi connectivity index (χ3v) is 6.99. The van der Waals surface area contributed by atoms with Gasteiger partial charge in [-0.1, -0.05) is 17.7 Å². The highest BCUT2D eigenvalue weighted by atomic mass is 35.5. The van der Waals surface area contributed by atoms with E-state index in [1.165, 1.54) is 18.2 Å². The summed E-state index contributed by atoms with van der Waals surface area (Å²) in [5, 5.41) is 3.97. The average molecular weight is 536 g/mol. The number of ether oxygens (including phenoxy) is 1. The highest BCUT2D eigenvalue weighted by Gasteiger charge is 2.38. The maximum Gasteiger partial charge on any atom is 0.417 e. The van der Waals surface area contributed by atoms with Crippen LogP contribution in [0.2, 0.25) is 5.02 Å². The van der Waals surface area contributed by atoms with Gasteiger partial charge in [0.2, 0.25) is 0 Å². The SMILES string of the molecule is O=C(c1ccc(-c2nn(C(=O)c3c(Cl)cccc3C(F)(F)F)c3c2CCCC3)c(F)c1)N1CCOCC1. The van der Waals surface area contributed by atoms with E-state index in [9.17, 15) is 22.8 Å². The van der Waals surface area contributed by atoms with Crippen LogP contribution in [0.3, 0.4) is 0 Å². The van der Waals surface area contributed by atoms with Crippen molar-refractivity contribution < 1.29 is 31.9 Å². The standard InChI is InChI=1S/C26H22ClF4N3O3/c27-19-6-3-5-18(26(29,30)31)22(19)25(36)34-21-7-2-1-4-17(21)23(32-34)16-9-8-15(14-20(16)28)24(35)33-10-12-37-13-11-33/h3,5-6,8-9,14H,1-2,4,7,10-13H2. The second kappa shape index (κ2) is 9.90. The molecular weight excluding hydrogens is 514 g/mol. The van der Waals surface area contributed by atoms with Crippen molar-refractivity contribution in [3.05, 3.63) is 75.2 Å². The summed E-state index contributed by atoms with van der Waals surface area (Å²) in [5.74, 6) is -2.06. The number of benzene rings is 2. The van der Waals surface area contributed by atoms with Gasteiger partial charge in [0.25, 0.3) is 11.8 Å². The average Bonchev–Trinajstić information content (AvgIpc) is 3.27. The van der Waals surface area contributed by atoms with E-state index < -0.39 is 29.0 Å². The molecule has 0 N–H and O–H groups in total. The number of rotatable bonds is 3. The molecule has 2 aromatic carbocycles. The molecule has 1 saturated heterocycles. The summed E-state index contributed by atoms with van der Waals surface area (Å²) in [4.78, 5) is 27.8. The van der Waals surface area contributed by atoms with E-state index in [2.05, 4.69) is 5.10 Å². The minimum atomic E-state index is -4.80. The van der Waals surface area contributed by atoms with Gasteiger partial charge in [-0.25, -0.2) is 4.39 Å². The first-order valence-corrected chi connectivity index (χ1v) is 12.2. The van der Waals surface area contributed by atoms with Gasteiger partial charge in [0.05, 0.1) is 40.8 Å². The molecule has 2 heterocycles. The molecule has 37 heavy (non-hydrogen) atoms. The van der Waals surface area contributed by atoms with Crippen LogP contribution in [0.5, 0.6) is 0 Å². The van der Waals surface area contributed by atoms with Crippen molar-refractivity contribution in [3.63, 3.8) is 0 Å². The van der Waals surface area contributed by atoms with E-state index in [1.807, 2.05) is 0 Å². The number of carbonyl (C=O) groups is 2. The zero-order chi connectivity index (χ0) is 26.3. The first-order chi connectivity index (χ1) is 17.7. The summed E-state index contributed by atoms with van der Waals surface area (Å²) < 4.78 is 62.6. The Labute approximate surface area is 214 Å². The second-order valence-corrected chi connectivity index (χ2v) is 9.36. The first kappa shape index (κ1) is 25.4. The predicted molar refractivity (Wildman–Crippen MR) is 127 cm³/mol. The summed E-state index contributed by atoms with van der Waals surface area (Å²) >= 11 is 6.06. The fourth-order valence-electron chi connectivity index (χ4n) is 4.86. The molecule has 0 atom stereocenters. The van der Waals surface area contributed by atoms with E-state index in [0.29, 0.717) is 56.8 Å². The molecule has 6 nitrogen and oxygen atoms in total. The van der Waals surface area contributed by atoms with Gasteiger partial charge in [-0.3, -0.25) is 9.59 Å². The molecule has 0 spiro atoms. The number of hydrogen-bond donors (Lipinski definition) is 0. The lowest BCUT2D eigenvalue weighted by molar-refractivity contribution is -0.137. The van der Waals surface area contributed by atoms with Gasteiger partial charge < -0.3 is 9.64 Å². The van der Waals surface area contributed by atoms with Crippen molar-refractivity contribution >= 4 is 23.4 Å². The monoisotopic (exact) mass is 535 g/mol. The Bertz CT molecular complexity index is 1380. The van der Waals surface area contributed by atoms with Crippen molar-refractivity contribution in [2.24, 2.45) is 0 Å². The van der Waals surface area contributed by atoms with Crippen LogP contribution in [0.15, 0.2) is 36.4 Å². The van der Waals surface area contributed by atoms with Crippen LogP contribution in [0, 0.1) is 5.82 Å². The quantitative estimate of drug-likeness (QED) is 0.421. The van der Waals surface area contributed by atoms with Gasteiger partial charge >= 0.3 is 6.18 Å². The molecule has 1 aliphatic carbocycles. The molecule has 5 rings (SSSR count). The van der Waals surface area contributed by atoms with Crippen LogP contribution in [0.25, 0.3) is 11.3 Å². The van der Waals surface area contributed by atoms with Gasteiger partial charge in [0, 0.05) is 29.8 Å². The smallest absolute Gasteiger partial charge is 0.378 e. The Morgan fingerprint density at radius 3 is 2.43 bits per heavy atom. The Morgan fingerprint density at radius 1 is 1.00 bits per heavy atom. The van der Waals surface area contributed by atoms with Crippen LogP contribution in [0.1, 0.15) is 50.4 Å². The van der Waals surface area contributed by atoms with Crippen molar-refractivity contribution in [1.29, 1.82) is 0 Å². The maximum absolute atomic E-state index is 15.4. The number of morpholine rings is 1. The molecule has 2 aliphatic rings. The van der Waals surface area contributed by atoms with Crippen molar-refractivity contribution in [3.8, 4) is 11.3 Å². The summed E-state index contributed by atoms with van der Waals surface area (Å²) in [7, 11) is 0. The maximum atomic E-state index is 15.4. The Kier molecular flexibility index (Phi) is 6.80. The Morgan fingerprint density at radius 2 is 1.73 bits per heavy atom. The fourth-order valence-corrected chi connectivity index (χ4v) is 5.11. The number of fused-ring (bicyclic) bond motifs is 1. The molecule has 0 bridgehead atoms. The van der Waals surface area contributed by atoms with Gasteiger partial charge in [-0.05, 0) is 56.0 Å². The molecule has 194 valence electrons. The zero-order valence-electron chi connectivity index (χ0n) is 19.6. The lowest BCUT2D eigenvalue weighted by atomic mass is 9.93. The van der Waals surface area contributed by atoms with Crippen molar-refractivity contribution in [2.45, 2.75) is 31.9 Å². The molecule has 1 aromatic heterocycles. The zero-order valence-corrected chi connectivity index (χ0v) is 20.3. The fraction of sp³-hybridized carbons (Fsp3) is 0.346. The third-order valence-electron chi connectivity index (χ3n) is 6.67. The molecule has 3 aromatic rings. The van der Waals surface area contributed by atoms with E-state index in [1.54, 1.807) is 4.90 Å². The first-order valence-electron chi connectivity index (χ1n) is 11.8. The normalized spacial score (nSPS) is 16.0. The predicted octanol–water partition coefficient (Wildman–Crippen LogP) is 5.40. The number of hydrogen-bond acceptors (Lipinski definition) is 4. The molecule has 0 radical (unpaired) electrons. The summed E-state index contributed by atoms with van der Waals surface area (Å²) in [5.41, 5.74) is -0.420. The molecular formula is C26H22ClF4N3O3. The number of alkyl halides is 3. The minimum absolute atomic E-state index is 0.0680. The lowest BCUT2D eigenvalue weighted by Gasteiger charge is -2.27. The number of amides is 1. The summed E-state index contributed by atoms with van der Waals surface area (Å²) in [6.07, 6.45) is -2.46. The van der Waals surface area contributed by atoms with Crippen LogP contribution < -0.4 is 0 Å². The largest absolute Gasteiger partial charge is 0.417 e. The molecule has 11 heteroatoms. The van der Waals surface area contributed by atoms with E-state index in [4.69, 9.17) is 16.3 Å². The number of aromatic nitrogens is 2. The lowest BCUT2D eigenvalue weighted by Crippen LogP contribution is -2.40. The minimum Gasteiger partial charge on any atom is -0.378 e. The summed E-state index contributed by atoms with van der Waals surface area (Å²) in [6.45, 7) is 1.63. The Hall–Kier alpha value is -3.24. The van der Waals surface area contributed by atoms with Crippen LogP contribution in [-0.2, 0) is 23.8 Å². The number of halogens is 5. The Balaban J connectivity index is 1.56. The molecule has 0 saturated carbocycles. The van der Waals surface area contributed by atoms with E-state index >= 15 is 4.39 Å². The van der Waals surface area contributed by atoms with Crippen LogP contribution in [-0.4, -0.2) is 52.8 Å². The highest BCUT2D eigenvalue weighted by molar-refractivity contribution is 6.34. The molecule has 0 unspecified atom stereocenters. The van der Waals surface area contributed by atoms with Crippen LogP contribution in [0.4, 0.5) is 17.6 Å². The highest BCUT2D eigenvalue weighted by Crippen LogP contribution is 2.38. The number of carbonyl (C=O) groups excluding carboxylic acids is 2. The van der Waals surface area contributed by atoms with Gasteiger partial charge in [-0.15, -0.1) is 0 Å². The van der Waals surface area contributed by atoms with Crippen molar-refractivity contribution in [2.75, 3.05) is 26.3 Å². The van der Waals surface area contributed by atoms with Crippen molar-refractivity contribution in [1.82, 2.24) is 14.7 Å². The van der Waals surface area contributed by atoms with Gasteiger partial charge in [0.15, 0.2) is 0 Å². The second-order valence-electron chi connectivity index (χ2n) is 8.96. The van der Waals surface area contributed by atoms with Gasteiger partial charge in [0.1, 0.15) is 5.82 Å². The molecule has 1 fully saturated rings. The number of nitrogens with zero attached hydrogens (tertiary/aromatic N) is 3. The molecule has 1 amide bonds. The van der Waals surface area contributed by atoms with Gasteiger partial charge in [-0.2, -0.15) is 23.0 Å². The van der Waals surface area contributed by atoms with E-state index in [0.717, 1.165) is 29.3 Å².